The van der Waals surface area contributed by atoms with E-state index in [9.17, 15) is 0 Å². The van der Waals surface area contributed by atoms with Crippen LogP contribution in [-0.2, 0) is 4.74 Å². The molecule has 1 heterocycles. The van der Waals surface area contributed by atoms with Crippen LogP contribution in [0.2, 0.25) is 0 Å². The third-order valence-electron chi connectivity index (χ3n) is 5.05. The predicted molar refractivity (Wildman–Crippen MR) is 97.5 cm³/mol. The van der Waals surface area contributed by atoms with E-state index < -0.39 is 0 Å². The van der Waals surface area contributed by atoms with Gasteiger partial charge in [-0.1, -0.05) is 65.2 Å². The van der Waals surface area contributed by atoms with Crippen LogP contribution in [0.1, 0.15) is 90.9 Å². The SMILES string of the molecule is CCCCCCCC(CCCCC)OCC1CCCN(C)C1. The van der Waals surface area contributed by atoms with E-state index in [-0.39, 0.29) is 0 Å². The van der Waals surface area contributed by atoms with Gasteiger partial charge < -0.3 is 9.64 Å². The van der Waals surface area contributed by atoms with E-state index in [0.717, 1.165) is 12.5 Å². The van der Waals surface area contributed by atoms with Crippen LogP contribution >= 0.6 is 0 Å². The Hall–Kier alpha value is -0.0800. The summed E-state index contributed by atoms with van der Waals surface area (Å²) in [6.45, 7) is 8.08. The lowest BCUT2D eigenvalue weighted by Crippen LogP contribution is -2.35. The highest BCUT2D eigenvalue weighted by Gasteiger charge is 2.19. The van der Waals surface area contributed by atoms with Crippen molar-refractivity contribution >= 4 is 0 Å². The van der Waals surface area contributed by atoms with Gasteiger partial charge in [-0.3, -0.25) is 0 Å². The summed E-state index contributed by atoms with van der Waals surface area (Å²) in [5.74, 6) is 0.771. The van der Waals surface area contributed by atoms with E-state index in [1.807, 2.05) is 0 Å². The van der Waals surface area contributed by atoms with Crippen molar-refractivity contribution in [2.24, 2.45) is 5.92 Å². The molecule has 0 amide bonds. The first-order chi connectivity index (χ1) is 10.8. The number of likely N-dealkylation sites (tertiary alicyclic amines) is 1. The topological polar surface area (TPSA) is 12.5 Å². The zero-order valence-corrected chi connectivity index (χ0v) is 15.6. The maximum absolute atomic E-state index is 6.36. The molecule has 1 rings (SSSR count). The van der Waals surface area contributed by atoms with Gasteiger partial charge in [0.15, 0.2) is 0 Å². The molecule has 2 atom stereocenters. The third kappa shape index (κ3) is 9.84. The molecule has 2 unspecified atom stereocenters. The van der Waals surface area contributed by atoms with Gasteiger partial charge in [0, 0.05) is 6.54 Å². The smallest absolute Gasteiger partial charge is 0.0575 e. The molecule has 0 aliphatic carbocycles. The zero-order valence-electron chi connectivity index (χ0n) is 15.6. The number of hydrogen-bond acceptors (Lipinski definition) is 2. The van der Waals surface area contributed by atoms with E-state index in [1.165, 1.54) is 90.1 Å². The second-order valence-corrected chi connectivity index (χ2v) is 7.42. The largest absolute Gasteiger partial charge is 0.378 e. The van der Waals surface area contributed by atoms with Crippen molar-refractivity contribution in [2.45, 2.75) is 97.0 Å². The maximum Gasteiger partial charge on any atom is 0.0575 e. The van der Waals surface area contributed by atoms with E-state index in [0.29, 0.717) is 6.10 Å². The minimum atomic E-state index is 0.528. The average molecular weight is 312 g/mol. The summed E-state index contributed by atoms with van der Waals surface area (Å²) >= 11 is 0. The Kier molecular flexibility index (Phi) is 12.1. The molecule has 0 saturated carbocycles. The molecule has 1 aliphatic heterocycles. The summed E-state index contributed by atoms with van der Waals surface area (Å²) in [5.41, 5.74) is 0. The van der Waals surface area contributed by atoms with Crippen LogP contribution in [0.4, 0.5) is 0 Å². The van der Waals surface area contributed by atoms with Gasteiger partial charge >= 0.3 is 0 Å². The summed E-state index contributed by atoms with van der Waals surface area (Å²) < 4.78 is 6.36. The van der Waals surface area contributed by atoms with Gasteiger partial charge in [-0.25, -0.2) is 0 Å². The van der Waals surface area contributed by atoms with Crippen LogP contribution in [0.15, 0.2) is 0 Å². The van der Waals surface area contributed by atoms with E-state index in [1.54, 1.807) is 0 Å². The second kappa shape index (κ2) is 13.4. The number of rotatable bonds is 13. The van der Waals surface area contributed by atoms with E-state index >= 15 is 0 Å². The van der Waals surface area contributed by atoms with Crippen molar-refractivity contribution in [1.82, 2.24) is 4.90 Å². The molecule has 22 heavy (non-hydrogen) atoms. The fourth-order valence-electron chi connectivity index (χ4n) is 3.59. The van der Waals surface area contributed by atoms with Crippen molar-refractivity contribution in [3.8, 4) is 0 Å². The predicted octanol–water partition coefficient (Wildman–Crippen LogP) is 5.65. The molecule has 0 spiro atoms. The van der Waals surface area contributed by atoms with Gasteiger partial charge in [0.2, 0.25) is 0 Å². The fourth-order valence-corrected chi connectivity index (χ4v) is 3.59. The van der Waals surface area contributed by atoms with Gasteiger partial charge in [-0.05, 0) is 45.2 Å². The molecule has 0 N–H and O–H groups in total. The van der Waals surface area contributed by atoms with Crippen LogP contribution in [0.3, 0.4) is 0 Å². The maximum atomic E-state index is 6.36. The van der Waals surface area contributed by atoms with Crippen molar-refractivity contribution in [3.05, 3.63) is 0 Å². The van der Waals surface area contributed by atoms with E-state index in [2.05, 4.69) is 25.8 Å². The lowest BCUT2D eigenvalue weighted by atomic mass is 9.99. The Morgan fingerprint density at radius 2 is 1.59 bits per heavy atom. The highest BCUT2D eigenvalue weighted by molar-refractivity contribution is 4.71. The summed E-state index contributed by atoms with van der Waals surface area (Å²) in [6.07, 6.45) is 16.7. The average Bonchev–Trinajstić information content (AvgIpc) is 2.52. The molecule has 132 valence electrons. The van der Waals surface area contributed by atoms with Crippen molar-refractivity contribution in [3.63, 3.8) is 0 Å². The van der Waals surface area contributed by atoms with Gasteiger partial charge in [-0.2, -0.15) is 0 Å². The highest BCUT2D eigenvalue weighted by Crippen LogP contribution is 2.20. The molecule has 0 radical (unpaired) electrons. The standard InChI is InChI=1S/C20H41NO/c1-4-6-8-9-11-15-20(14-10-7-5-2)22-18-19-13-12-16-21(3)17-19/h19-20H,4-18H2,1-3H3. The molecule has 0 aromatic rings. The Balaban J connectivity index is 2.20. The number of unbranched alkanes of at least 4 members (excludes halogenated alkanes) is 6. The van der Waals surface area contributed by atoms with Crippen molar-refractivity contribution in [2.75, 3.05) is 26.7 Å². The molecular weight excluding hydrogens is 270 g/mol. The number of piperidine rings is 1. The number of nitrogens with zero attached hydrogens (tertiary/aromatic N) is 1. The summed E-state index contributed by atoms with van der Waals surface area (Å²) in [4.78, 5) is 2.47. The van der Waals surface area contributed by atoms with Crippen molar-refractivity contribution in [1.29, 1.82) is 0 Å². The third-order valence-corrected chi connectivity index (χ3v) is 5.05. The molecule has 1 aliphatic rings. The quantitative estimate of drug-likeness (QED) is 0.407. The minimum absolute atomic E-state index is 0.528. The van der Waals surface area contributed by atoms with Crippen LogP contribution in [-0.4, -0.2) is 37.7 Å². The van der Waals surface area contributed by atoms with E-state index in [4.69, 9.17) is 4.74 Å². The lowest BCUT2D eigenvalue weighted by Gasteiger charge is -2.30. The molecule has 0 bridgehead atoms. The first-order valence-corrected chi connectivity index (χ1v) is 10.1. The monoisotopic (exact) mass is 311 g/mol. The normalized spacial score (nSPS) is 21.1. The van der Waals surface area contributed by atoms with Crippen LogP contribution < -0.4 is 0 Å². The second-order valence-electron chi connectivity index (χ2n) is 7.42. The molecule has 1 fully saturated rings. The highest BCUT2D eigenvalue weighted by atomic mass is 16.5. The van der Waals surface area contributed by atoms with Gasteiger partial charge in [0.25, 0.3) is 0 Å². The van der Waals surface area contributed by atoms with Crippen LogP contribution in [0, 0.1) is 5.92 Å². The summed E-state index contributed by atoms with van der Waals surface area (Å²) in [7, 11) is 2.25. The molecule has 2 nitrogen and oxygen atoms in total. The number of ether oxygens (including phenoxy) is 1. The summed E-state index contributed by atoms with van der Waals surface area (Å²) in [6, 6.07) is 0. The van der Waals surface area contributed by atoms with Gasteiger partial charge in [0.05, 0.1) is 12.7 Å². The van der Waals surface area contributed by atoms with Gasteiger partial charge in [0.1, 0.15) is 0 Å². The molecule has 0 aromatic carbocycles. The molecular formula is C20H41NO. The minimum Gasteiger partial charge on any atom is -0.378 e. The summed E-state index contributed by atoms with van der Waals surface area (Å²) in [5, 5.41) is 0. The van der Waals surface area contributed by atoms with Crippen LogP contribution in [0.25, 0.3) is 0 Å². The Morgan fingerprint density at radius 3 is 2.27 bits per heavy atom. The zero-order chi connectivity index (χ0) is 16.0. The fraction of sp³-hybridized carbons (Fsp3) is 1.00. The molecule has 2 heteroatoms. The molecule has 0 aromatic heterocycles. The van der Waals surface area contributed by atoms with Crippen molar-refractivity contribution < 1.29 is 4.74 Å². The molecule has 1 saturated heterocycles. The first kappa shape index (κ1) is 20.0. The number of hydrogen-bond donors (Lipinski definition) is 0. The lowest BCUT2D eigenvalue weighted by molar-refractivity contribution is 0.00157. The Morgan fingerprint density at radius 1 is 0.955 bits per heavy atom. The van der Waals surface area contributed by atoms with Crippen LogP contribution in [0.5, 0.6) is 0 Å². The van der Waals surface area contributed by atoms with Gasteiger partial charge in [-0.15, -0.1) is 0 Å². The first-order valence-electron chi connectivity index (χ1n) is 10.1. The Bertz CT molecular complexity index is 244. The Labute approximate surface area is 140 Å².